The van der Waals surface area contributed by atoms with Crippen LogP contribution >= 0.6 is 0 Å². The van der Waals surface area contributed by atoms with Crippen LogP contribution in [0.1, 0.15) is 74.8 Å². The molecule has 4 N–H and O–H groups in total. The molecule has 1 aliphatic carbocycles. The average Bonchev–Trinajstić information content (AvgIpc) is 3.67. The van der Waals surface area contributed by atoms with E-state index < -0.39 is 17.6 Å². The maximum Gasteiger partial charge on any atom is 0.319 e. The van der Waals surface area contributed by atoms with Crippen LogP contribution in [0.5, 0.6) is 11.8 Å². The Kier molecular flexibility index (Phi) is 8.24. The Hall–Kier alpha value is -3.96. The Bertz CT molecular complexity index is 1870. The van der Waals surface area contributed by atoms with Crippen LogP contribution in [-0.4, -0.2) is 68.6 Å². The number of ketones is 1. The number of phenols is 1. The first kappa shape index (κ1) is 31.6. The van der Waals surface area contributed by atoms with Crippen molar-refractivity contribution in [1.29, 1.82) is 0 Å². The predicted octanol–water partition coefficient (Wildman–Crippen LogP) is 6.32. The van der Waals surface area contributed by atoms with E-state index in [1.165, 1.54) is 24.3 Å². The molecule has 0 amide bonds. The number of nitrogen functional groups attached to an aromatic ring is 1. The smallest absolute Gasteiger partial charge is 0.319 e. The molecular formula is C36H42F2N6O3. The number of benzene rings is 2. The number of fused-ring (bicyclic) bond motifs is 3. The molecule has 2 unspecified atom stereocenters. The van der Waals surface area contributed by atoms with Gasteiger partial charge in [-0.15, -0.1) is 0 Å². The van der Waals surface area contributed by atoms with Gasteiger partial charge in [0.25, 0.3) is 0 Å². The molecule has 2 aromatic heterocycles. The monoisotopic (exact) mass is 644 g/mol. The average molecular weight is 645 g/mol. The van der Waals surface area contributed by atoms with Crippen LogP contribution in [0.25, 0.3) is 32.9 Å². The number of nitrogens with one attached hydrogen (secondary N) is 1. The van der Waals surface area contributed by atoms with Gasteiger partial charge < -0.3 is 20.9 Å². The van der Waals surface area contributed by atoms with Crippen LogP contribution < -0.4 is 15.8 Å². The van der Waals surface area contributed by atoms with Crippen molar-refractivity contribution >= 4 is 33.3 Å². The first-order valence-corrected chi connectivity index (χ1v) is 16.8. The number of nitrogens with two attached hydrogens (primary N) is 1. The number of Topliss-reactive ketones (excluding diaryl/α,β-unsaturated/α-hetero) is 1. The fourth-order valence-electron chi connectivity index (χ4n) is 7.86. The highest BCUT2D eigenvalue weighted by molar-refractivity contribution is 6.12. The summed E-state index contributed by atoms with van der Waals surface area (Å²) in [5.74, 6) is -2.38. The number of ether oxygens (including phenoxy) is 1. The third-order valence-electron chi connectivity index (χ3n) is 10.6. The zero-order valence-corrected chi connectivity index (χ0v) is 27.2. The van der Waals surface area contributed by atoms with Gasteiger partial charge in [-0.3, -0.25) is 9.69 Å². The molecule has 2 saturated heterocycles. The summed E-state index contributed by atoms with van der Waals surface area (Å²) in [6.07, 6.45) is 6.96. The second-order valence-corrected chi connectivity index (χ2v) is 13.7. The van der Waals surface area contributed by atoms with Crippen LogP contribution in [0.15, 0.2) is 24.3 Å². The van der Waals surface area contributed by atoms with Gasteiger partial charge in [-0.05, 0) is 112 Å². The van der Waals surface area contributed by atoms with Gasteiger partial charge in [0, 0.05) is 17.5 Å². The molecule has 2 aromatic carbocycles. The molecule has 47 heavy (non-hydrogen) atoms. The number of rotatable bonds is 11. The van der Waals surface area contributed by atoms with Crippen molar-refractivity contribution in [3.63, 3.8) is 0 Å². The number of carbonyl (C=O) groups excluding carboxylic acids is 1. The van der Waals surface area contributed by atoms with Crippen LogP contribution in [0.2, 0.25) is 0 Å². The molecule has 1 saturated carbocycles. The second kappa shape index (κ2) is 12.2. The highest BCUT2D eigenvalue weighted by atomic mass is 19.1. The van der Waals surface area contributed by atoms with E-state index in [0.717, 1.165) is 51.6 Å². The highest BCUT2D eigenvalue weighted by Gasteiger charge is 2.45. The standard InChI is InChI=1S/C36H42F2N6O3/c1-4-24(19(2)17-40-22-8-9-22)33(46)32-28-31(42-35(43-34(28)39)47-18-36-11-5-13-44(36)14-6-12-36)29(38)30(41-32)25-16-23(45)15-21-7-10-26(37)20(3)27(21)25/h7,10,15-16,19,22,24,40,45H,4-6,8-9,11-14,17-18H2,1-3H3,(H2,39,42,43). The van der Waals surface area contributed by atoms with Crippen LogP contribution in [0, 0.1) is 30.4 Å². The summed E-state index contributed by atoms with van der Waals surface area (Å²) in [5, 5.41) is 15.1. The number of halogens is 2. The Balaban J connectivity index is 1.39. The largest absolute Gasteiger partial charge is 0.508 e. The fraction of sp³-hybridized carbons (Fsp3) is 0.500. The molecule has 0 bridgehead atoms. The van der Waals surface area contributed by atoms with Gasteiger partial charge in [0.2, 0.25) is 0 Å². The Morgan fingerprint density at radius 3 is 2.60 bits per heavy atom. The van der Waals surface area contributed by atoms with Crippen LogP contribution in [0.4, 0.5) is 14.6 Å². The molecule has 2 atom stereocenters. The summed E-state index contributed by atoms with van der Waals surface area (Å²) in [4.78, 5) is 30.5. The molecule has 0 radical (unpaired) electrons. The summed E-state index contributed by atoms with van der Waals surface area (Å²) in [6, 6.07) is 6.06. The number of aromatic hydroxyl groups is 1. The van der Waals surface area contributed by atoms with E-state index in [1.807, 2.05) is 13.8 Å². The van der Waals surface area contributed by atoms with Gasteiger partial charge in [-0.2, -0.15) is 9.97 Å². The number of hydrogen-bond acceptors (Lipinski definition) is 9. The van der Waals surface area contributed by atoms with Crippen molar-refractivity contribution < 1.29 is 23.4 Å². The highest BCUT2D eigenvalue weighted by Crippen LogP contribution is 2.41. The summed E-state index contributed by atoms with van der Waals surface area (Å²) < 4.78 is 38.0. The molecule has 2 aliphatic heterocycles. The number of aromatic nitrogens is 3. The van der Waals surface area contributed by atoms with E-state index in [2.05, 4.69) is 25.2 Å². The van der Waals surface area contributed by atoms with Crippen molar-refractivity contribution in [3.05, 3.63) is 47.2 Å². The molecule has 4 heterocycles. The number of phenolic OH excluding ortho intramolecular Hbond substituents is 1. The Morgan fingerprint density at radius 2 is 1.89 bits per heavy atom. The van der Waals surface area contributed by atoms with Crippen molar-refractivity contribution in [3.8, 4) is 23.0 Å². The molecule has 11 heteroatoms. The Labute approximate surface area is 272 Å². The van der Waals surface area contributed by atoms with Gasteiger partial charge in [-0.1, -0.05) is 19.9 Å². The van der Waals surface area contributed by atoms with Gasteiger partial charge in [-0.25, -0.2) is 13.8 Å². The van der Waals surface area contributed by atoms with E-state index >= 15 is 4.39 Å². The van der Waals surface area contributed by atoms with E-state index in [9.17, 15) is 14.3 Å². The van der Waals surface area contributed by atoms with E-state index in [1.54, 1.807) is 6.92 Å². The third kappa shape index (κ3) is 5.67. The zero-order chi connectivity index (χ0) is 33.0. The van der Waals surface area contributed by atoms with Crippen molar-refractivity contribution in [1.82, 2.24) is 25.2 Å². The number of hydrogen-bond donors (Lipinski definition) is 3. The van der Waals surface area contributed by atoms with Crippen LogP contribution in [0.3, 0.4) is 0 Å². The van der Waals surface area contributed by atoms with E-state index in [-0.39, 0.29) is 68.2 Å². The predicted molar refractivity (Wildman–Crippen MR) is 178 cm³/mol. The molecule has 7 rings (SSSR count). The van der Waals surface area contributed by atoms with Crippen molar-refractivity contribution in [2.45, 2.75) is 77.3 Å². The first-order valence-electron chi connectivity index (χ1n) is 16.8. The topological polar surface area (TPSA) is 126 Å². The van der Waals surface area contributed by atoms with E-state index in [4.69, 9.17) is 10.5 Å². The summed E-state index contributed by atoms with van der Waals surface area (Å²) in [7, 11) is 0. The van der Waals surface area contributed by atoms with Gasteiger partial charge in [0.05, 0.1) is 10.9 Å². The summed E-state index contributed by atoms with van der Waals surface area (Å²) >= 11 is 0. The third-order valence-corrected chi connectivity index (χ3v) is 10.6. The first-order chi connectivity index (χ1) is 22.6. The van der Waals surface area contributed by atoms with Gasteiger partial charge in [0.15, 0.2) is 11.6 Å². The molecule has 3 fully saturated rings. The normalized spacial score (nSPS) is 18.9. The molecular weight excluding hydrogens is 602 g/mol. The van der Waals surface area contributed by atoms with Gasteiger partial charge >= 0.3 is 6.01 Å². The fourth-order valence-corrected chi connectivity index (χ4v) is 7.86. The maximum absolute atomic E-state index is 16.9. The molecule has 9 nitrogen and oxygen atoms in total. The quantitative estimate of drug-likeness (QED) is 0.161. The summed E-state index contributed by atoms with van der Waals surface area (Å²) in [6.45, 7) is 8.59. The second-order valence-electron chi connectivity index (χ2n) is 13.7. The van der Waals surface area contributed by atoms with Crippen LogP contribution in [-0.2, 0) is 0 Å². The number of aryl methyl sites for hydroxylation is 1. The van der Waals surface area contributed by atoms with Crippen molar-refractivity contribution in [2.24, 2.45) is 11.8 Å². The van der Waals surface area contributed by atoms with E-state index in [0.29, 0.717) is 36.4 Å². The minimum Gasteiger partial charge on any atom is -0.508 e. The lowest BCUT2D eigenvalue weighted by atomic mass is 9.85. The molecule has 248 valence electrons. The lowest BCUT2D eigenvalue weighted by molar-refractivity contribution is 0.0869. The number of nitrogens with zero attached hydrogens (tertiary/aromatic N) is 4. The minimum atomic E-state index is -0.857. The zero-order valence-electron chi connectivity index (χ0n) is 27.2. The number of anilines is 1. The minimum absolute atomic E-state index is 0.0262. The SMILES string of the molecule is CCC(C(=O)c1nc(-c2cc(O)cc3ccc(F)c(C)c23)c(F)c2nc(OCC34CCCN3CCC4)nc(N)c12)C(C)CNC1CC1. The lowest BCUT2D eigenvalue weighted by Crippen LogP contribution is -2.43. The summed E-state index contributed by atoms with van der Waals surface area (Å²) in [5.41, 5.74) is 6.36. The molecule has 3 aliphatic rings. The van der Waals surface area contributed by atoms with Crippen molar-refractivity contribution in [2.75, 3.05) is 32.0 Å². The molecule has 0 spiro atoms. The van der Waals surface area contributed by atoms with Gasteiger partial charge in [0.1, 0.15) is 40.9 Å². The lowest BCUT2D eigenvalue weighted by Gasteiger charge is -2.31. The molecule has 4 aromatic rings. The maximum atomic E-state index is 16.9. The Morgan fingerprint density at radius 1 is 1.15 bits per heavy atom. The number of pyridine rings is 1. The number of carbonyl (C=O) groups is 1.